The van der Waals surface area contributed by atoms with Gasteiger partial charge in [-0.25, -0.2) is 0 Å². The highest BCUT2D eigenvalue weighted by molar-refractivity contribution is 5.99. The molecule has 0 unspecified atom stereocenters. The summed E-state index contributed by atoms with van der Waals surface area (Å²) in [6.45, 7) is 0.536. The number of carbonyl (C=O) groups is 2. The maximum absolute atomic E-state index is 11.6. The number of anilines is 2. The Hall–Kier alpha value is -1.79. The number of nitrogens with zero attached hydrogens (tertiary/aromatic N) is 1. The van der Waals surface area contributed by atoms with Gasteiger partial charge in [0, 0.05) is 19.2 Å². The van der Waals surface area contributed by atoms with Crippen molar-refractivity contribution in [2.45, 2.75) is 12.8 Å². The first-order chi connectivity index (χ1) is 9.11. The third-order valence-electron chi connectivity index (χ3n) is 2.94. The average molecular weight is 300 g/mol. The van der Waals surface area contributed by atoms with Crippen molar-refractivity contribution in [1.82, 2.24) is 0 Å². The molecule has 0 spiro atoms. The van der Waals surface area contributed by atoms with Gasteiger partial charge in [-0.3, -0.25) is 9.59 Å². The van der Waals surface area contributed by atoms with E-state index < -0.39 is 0 Å². The smallest absolute Gasteiger partial charge is 0.264 e. The Morgan fingerprint density at radius 2 is 2.25 bits per heavy atom. The first-order valence-electron chi connectivity index (χ1n) is 6.15. The number of rotatable bonds is 4. The first kappa shape index (κ1) is 16.3. The molecular weight excluding hydrogens is 282 g/mol. The van der Waals surface area contributed by atoms with Gasteiger partial charge in [-0.2, -0.15) is 0 Å². The molecule has 1 aliphatic heterocycles. The van der Waals surface area contributed by atoms with Crippen molar-refractivity contribution in [2.75, 3.05) is 30.4 Å². The number of hydrogen-bond donors (Lipinski definition) is 2. The molecule has 0 saturated heterocycles. The molecule has 3 N–H and O–H groups in total. The number of fused-ring (bicyclic) bond motifs is 1. The van der Waals surface area contributed by atoms with Crippen molar-refractivity contribution < 1.29 is 14.3 Å². The van der Waals surface area contributed by atoms with Crippen LogP contribution in [0.25, 0.3) is 0 Å². The van der Waals surface area contributed by atoms with Gasteiger partial charge in [0.2, 0.25) is 5.91 Å². The van der Waals surface area contributed by atoms with E-state index in [2.05, 4.69) is 5.32 Å². The fourth-order valence-corrected chi connectivity index (χ4v) is 1.84. The molecule has 0 aromatic heterocycles. The second kappa shape index (κ2) is 7.12. The van der Waals surface area contributed by atoms with Crippen molar-refractivity contribution >= 4 is 35.6 Å². The third kappa shape index (κ3) is 3.61. The van der Waals surface area contributed by atoms with Gasteiger partial charge in [0.05, 0.1) is 5.69 Å². The minimum Gasteiger partial charge on any atom is -0.482 e. The second-order valence-electron chi connectivity index (χ2n) is 4.36. The fourth-order valence-electron chi connectivity index (χ4n) is 1.84. The lowest BCUT2D eigenvalue weighted by molar-refractivity contribution is -0.121. The van der Waals surface area contributed by atoms with E-state index in [1.165, 1.54) is 4.90 Å². The number of benzene rings is 1. The molecule has 20 heavy (non-hydrogen) atoms. The van der Waals surface area contributed by atoms with E-state index in [9.17, 15) is 9.59 Å². The van der Waals surface area contributed by atoms with Crippen LogP contribution in [0.2, 0.25) is 0 Å². The van der Waals surface area contributed by atoms with Gasteiger partial charge in [-0.15, -0.1) is 12.4 Å². The summed E-state index contributed by atoms with van der Waals surface area (Å²) in [7, 11) is 1.68. The van der Waals surface area contributed by atoms with Crippen LogP contribution in [-0.2, 0) is 9.59 Å². The Kier molecular flexibility index (Phi) is 5.79. The predicted molar refractivity (Wildman–Crippen MR) is 79.5 cm³/mol. The Labute approximate surface area is 123 Å². The predicted octanol–water partition coefficient (Wildman–Crippen LogP) is 1.14. The standard InChI is InChI=1S/C13H17N3O3.ClH/c1-16-10-7-9(15-12(17)3-2-6-14)4-5-11(10)19-8-13(16)18;/h4-5,7H,2-3,6,8,14H2,1H3,(H,15,17);1H. The third-order valence-corrected chi connectivity index (χ3v) is 2.94. The van der Waals surface area contributed by atoms with E-state index in [1.807, 2.05) is 0 Å². The maximum Gasteiger partial charge on any atom is 0.264 e. The van der Waals surface area contributed by atoms with Crippen LogP contribution in [-0.4, -0.2) is 32.0 Å². The van der Waals surface area contributed by atoms with Crippen LogP contribution >= 0.6 is 12.4 Å². The summed E-state index contributed by atoms with van der Waals surface area (Å²) in [6.07, 6.45) is 1.04. The molecule has 0 fully saturated rings. The van der Waals surface area contributed by atoms with E-state index in [0.29, 0.717) is 36.5 Å². The lowest BCUT2D eigenvalue weighted by Gasteiger charge is -2.26. The van der Waals surface area contributed by atoms with E-state index in [1.54, 1.807) is 25.2 Å². The number of nitrogens with one attached hydrogen (secondary N) is 1. The molecule has 1 aliphatic rings. The van der Waals surface area contributed by atoms with Gasteiger partial charge in [-0.1, -0.05) is 0 Å². The summed E-state index contributed by atoms with van der Waals surface area (Å²) in [5, 5.41) is 2.77. The van der Waals surface area contributed by atoms with E-state index in [-0.39, 0.29) is 30.8 Å². The molecule has 2 amide bonds. The lowest BCUT2D eigenvalue weighted by Crippen LogP contribution is -2.35. The topological polar surface area (TPSA) is 84.7 Å². The summed E-state index contributed by atoms with van der Waals surface area (Å²) in [6, 6.07) is 5.23. The maximum atomic E-state index is 11.6. The highest BCUT2D eigenvalue weighted by atomic mass is 35.5. The molecule has 0 saturated carbocycles. The Bertz CT molecular complexity index is 508. The highest BCUT2D eigenvalue weighted by Gasteiger charge is 2.22. The van der Waals surface area contributed by atoms with Gasteiger partial charge in [0.1, 0.15) is 5.75 Å². The highest BCUT2D eigenvalue weighted by Crippen LogP contribution is 2.33. The van der Waals surface area contributed by atoms with Crippen molar-refractivity contribution in [3.63, 3.8) is 0 Å². The Balaban J connectivity index is 0.00000200. The Morgan fingerprint density at radius 3 is 2.95 bits per heavy atom. The molecule has 110 valence electrons. The fraction of sp³-hybridized carbons (Fsp3) is 0.385. The number of nitrogens with two attached hydrogens (primary N) is 1. The van der Waals surface area contributed by atoms with Gasteiger partial charge < -0.3 is 20.7 Å². The molecule has 0 radical (unpaired) electrons. The normalized spacial score (nSPS) is 13.1. The first-order valence-corrected chi connectivity index (χ1v) is 6.15. The molecule has 2 rings (SSSR count). The van der Waals surface area contributed by atoms with Gasteiger partial charge in [0.15, 0.2) is 6.61 Å². The van der Waals surface area contributed by atoms with Gasteiger partial charge in [0.25, 0.3) is 5.91 Å². The van der Waals surface area contributed by atoms with Crippen LogP contribution in [0, 0.1) is 0 Å². The Morgan fingerprint density at radius 1 is 1.50 bits per heavy atom. The van der Waals surface area contributed by atoms with Crippen molar-refractivity contribution in [3.8, 4) is 5.75 Å². The molecule has 0 bridgehead atoms. The summed E-state index contributed by atoms with van der Waals surface area (Å²) in [5.41, 5.74) is 6.66. The van der Waals surface area contributed by atoms with Crippen LogP contribution in [0.4, 0.5) is 11.4 Å². The van der Waals surface area contributed by atoms with Crippen molar-refractivity contribution in [2.24, 2.45) is 5.73 Å². The molecule has 0 atom stereocenters. The number of amides is 2. The van der Waals surface area contributed by atoms with Crippen LogP contribution in [0.15, 0.2) is 18.2 Å². The van der Waals surface area contributed by atoms with E-state index in [0.717, 1.165) is 0 Å². The molecule has 1 heterocycles. The molecule has 1 aromatic carbocycles. The molecular formula is C13H18ClN3O3. The minimum absolute atomic E-state index is 0. The van der Waals surface area contributed by atoms with E-state index in [4.69, 9.17) is 10.5 Å². The van der Waals surface area contributed by atoms with Crippen LogP contribution < -0.4 is 20.7 Å². The molecule has 6 nitrogen and oxygen atoms in total. The largest absolute Gasteiger partial charge is 0.482 e. The zero-order valence-electron chi connectivity index (χ0n) is 11.2. The quantitative estimate of drug-likeness (QED) is 0.873. The molecule has 1 aromatic rings. The van der Waals surface area contributed by atoms with Crippen molar-refractivity contribution in [3.05, 3.63) is 18.2 Å². The van der Waals surface area contributed by atoms with Gasteiger partial charge in [-0.05, 0) is 31.2 Å². The number of carbonyl (C=O) groups excluding carboxylic acids is 2. The van der Waals surface area contributed by atoms with E-state index >= 15 is 0 Å². The second-order valence-corrected chi connectivity index (χ2v) is 4.36. The number of likely N-dealkylation sites (N-methyl/N-ethyl adjacent to an activating group) is 1. The monoisotopic (exact) mass is 299 g/mol. The zero-order chi connectivity index (χ0) is 13.8. The summed E-state index contributed by atoms with van der Waals surface area (Å²) < 4.78 is 5.31. The summed E-state index contributed by atoms with van der Waals surface area (Å²) in [4.78, 5) is 24.7. The number of hydrogen-bond acceptors (Lipinski definition) is 4. The zero-order valence-corrected chi connectivity index (χ0v) is 12.0. The summed E-state index contributed by atoms with van der Waals surface area (Å²) >= 11 is 0. The van der Waals surface area contributed by atoms with Crippen LogP contribution in [0.3, 0.4) is 0 Å². The van der Waals surface area contributed by atoms with Crippen LogP contribution in [0.1, 0.15) is 12.8 Å². The van der Waals surface area contributed by atoms with Gasteiger partial charge >= 0.3 is 0 Å². The number of halogens is 1. The molecule has 0 aliphatic carbocycles. The van der Waals surface area contributed by atoms with Crippen molar-refractivity contribution in [1.29, 1.82) is 0 Å². The SMILES string of the molecule is CN1C(=O)COc2ccc(NC(=O)CCCN)cc21.Cl. The number of ether oxygens (including phenoxy) is 1. The summed E-state index contributed by atoms with van der Waals surface area (Å²) in [5.74, 6) is 0.442. The van der Waals surface area contributed by atoms with Crippen LogP contribution in [0.5, 0.6) is 5.75 Å². The lowest BCUT2D eigenvalue weighted by atomic mass is 10.2. The molecule has 7 heteroatoms. The average Bonchev–Trinajstić information content (AvgIpc) is 2.41. The minimum atomic E-state index is -0.112.